The maximum absolute atomic E-state index is 3.39. The van der Waals surface area contributed by atoms with Gasteiger partial charge in [-0.05, 0) is 18.6 Å². The minimum absolute atomic E-state index is 0.515. The third kappa shape index (κ3) is 2.48. The monoisotopic (exact) mass is 131 g/mol. The van der Waals surface area contributed by atoms with Crippen LogP contribution < -0.4 is 4.98 Å². The van der Waals surface area contributed by atoms with Crippen LogP contribution in [0.1, 0.15) is 20.8 Å². The molecule has 0 aliphatic rings. The molecule has 8 heavy (non-hydrogen) atoms. The smallest absolute Gasteiger partial charge is 0.111 e. The minimum atomic E-state index is -0.515. The topological polar surface area (TPSA) is 12.0 Å². The summed E-state index contributed by atoms with van der Waals surface area (Å²) in [5.74, 6) is 0. The van der Waals surface area contributed by atoms with Crippen LogP contribution in [0.2, 0.25) is 11.6 Å². The third-order valence-electron chi connectivity index (χ3n) is 1.62. The molecule has 0 aromatic heterocycles. The van der Waals surface area contributed by atoms with E-state index in [4.69, 9.17) is 0 Å². The van der Waals surface area contributed by atoms with Gasteiger partial charge in [0, 0.05) is 0 Å². The van der Waals surface area contributed by atoms with Crippen molar-refractivity contribution in [2.45, 2.75) is 32.4 Å². The highest BCUT2D eigenvalue weighted by Gasteiger charge is 2.08. The van der Waals surface area contributed by atoms with E-state index >= 15 is 0 Å². The molecule has 1 nitrogen and oxygen atoms in total. The van der Waals surface area contributed by atoms with Crippen molar-refractivity contribution in [3.63, 3.8) is 0 Å². The molecule has 50 valence electrons. The summed E-state index contributed by atoms with van der Waals surface area (Å²) >= 11 is 0. The molecule has 1 unspecified atom stereocenters. The lowest BCUT2D eigenvalue weighted by Crippen LogP contribution is -2.32. The Morgan fingerprint density at radius 1 is 1.50 bits per heavy atom. The Morgan fingerprint density at radius 3 is 2.00 bits per heavy atom. The summed E-state index contributed by atoms with van der Waals surface area (Å²) in [6.45, 7) is 6.88. The fourth-order valence-electron chi connectivity index (χ4n) is 1.01. The van der Waals surface area contributed by atoms with E-state index < -0.39 is 8.96 Å². The summed E-state index contributed by atoms with van der Waals surface area (Å²) in [5.41, 5.74) is 0.907. The molecule has 0 saturated carbocycles. The molecule has 0 fully saturated rings. The largest absolute Gasteiger partial charge is 0.342 e. The van der Waals surface area contributed by atoms with Crippen molar-refractivity contribution in [1.82, 2.24) is 4.98 Å². The fraction of sp³-hybridized carbons (Fsp3) is 1.00. The molecule has 0 aromatic rings. The van der Waals surface area contributed by atoms with Crippen molar-refractivity contribution in [2.75, 3.05) is 7.05 Å². The normalized spacial score (nSPS) is 14.6. The summed E-state index contributed by atoms with van der Waals surface area (Å²) in [5, 5.41) is 0. The van der Waals surface area contributed by atoms with Crippen LogP contribution in [0.25, 0.3) is 0 Å². The number of hydrogen-bond donors (Lipinski definition) is 1. The van der Waals surface area contributed by atoms with Crippen LogP contribution in [0.5, 0.6) is 0 Å². The summed E-state index contributed by atoms with van der Waals surface area (Å²) in [4.78, 5) is 3.39. The third-order valence-corrected chi connectivity index (χ3v) is 4.85. The second-order valence-electron chi connectivity index (χ2n) is 2.55. The number of nitrogens with one attached hydrogen (secondary N) is 1. The molecule has 0 radical (unpaired) electrons. The van der Waals surface area contributed by atoms with E-state index in [1.54, 1.807) is 0 Å². The first-order chi connectivity index (χ1) is 3.72. The Kier molecular flexibility index (Phi) is 4.19. The zero-order valence-electron chi connectivity index (χ0n) is 6.36. The molecular formula is C6H17NSi. The summed E-state index contributed by atoms with van der Waals surface area (Å²) in [6, 6.07) is 1.37. The van der Waals surface area contributed by atoms with Crippen LogP contribution in [0, 0.1) is 0 Å². The van der Waals surface area contributed by atoms with Crippen molar-refractivity contribution in [2.24, 2.45) is 0 Å². The van der Waals surface area contributed by atoms with Gasteiger partial charge in [-0.1, -0.05) is 20.8 Å². The molecule has 0 aliphatic carbocycles. The number of hydrogen-bond acceptors (Lipinski definition) is 1. The van der Waals surface area contributed by atoms with Crippen LogP contribution in [0.3, 0.4) is 0 Å². The summed E-state index contributed by atoms with van der Waals surface area (Å²) in [7, 11) is 1.57. The first kappa shape index (κ1) is 8.18. The van der Waals surface area contributed by atoms with Crippen molar-refractivity contribution < 1.29 is 0 Å². The van der Waals surface area contributed by atoms with Gasteiger partial charge in [0.2, 0.25) is 0 Å². The van der Waals surface area contributed by atoms with Crippen LogP contribution in [0.15, 0.2) is 0 Å². The Balaban J connectivity index is 3.35. The van der Waals surface area contributed by atoms with Gasteiger partial charge in [0.15, 0.2) is 0 Å². The van der Waals surface area contributed by atoms with E-state index in [2.05, 4.69) is 32.8 Å². The van der Waals surface area contributed by atoms with Gasteiger partial charge in [-0.2, -0.15) is 0 Å². The van der Waals surface area contributed by atoms with Gasteiger partial charge < -0.3 is 4.98 Å². The highest BCUT2D eigenvalue weighted by molar-refractivity contribution is 6.57. The molecular weight excluding hydrogens is 114 g/mol. The molecule has 0 aliphatic heterocycles. The predicted octanol–water partition coefficient (Wildman–Crippen LogP) is 1.36. The van der Waals surface area contributed by atoms with Gasteiger partial charge in [-0.15, -0.1) is 0 Å². The van der Waals surface area contributed by atoms with Gasteiger partial charge in [0.25, 0.3) is 0 Å². The quantitative estimate of drug-likeness (QED) is 0.570. The molecule has 0 aromatic carbocycles. The van der Waals surface area contributed by atoms with Gasteiger partial charge in [-0.3, -0.25) is 0 Å². The lowest BCUT2D eigenvalue weighted by Gasteiger charge is -2.14. The molecule has 0 bridgehead atoms. The zero-order chi connectivity index (χ0) is 6.57. The first-order valence-electron chi connectivity index (χ1n) is 3.39. The summed E-state index contributed by atoms with van der Waals surface area (Å²) in [6.07, 6.45) is 0. The van der Waals surface area contributed by atoms with E-state index in [9.17, 15) is 0 Å². The lowest BCUT2D eigenvalue weighted by atomic mass is 10.6. The Bertz CT molecular complexity index is 50.5. The molecule has 2 heteroatoms. The average molecular weight is 131 g/mol. The Labute approximate surface area is 54.2 Å². The van der Waals surface area contributed by atoms with Gasteiger partial charge in [-0.25, -0.2) is 0 Å². The Hall–Kier alpha value is 0.177. The van der Waals surface area contributed by atoms with Gasteiger partial charge >= 0.3 is 0 Å². The molecule has 1 N–H and O–H groups in total. The molecule has 0 heterocycles. The van der Waals surface area contributed by atoms with E-state index in [0.29, 0.717) is 0 Å². The first-order valence-corrected chi connectivity index (χ1v) is 5.45. The van der Waals surface area contributed by atoms with Crippen LogP contribution in [-0.2, 0) is 0 Å². The zero-order valence-corrected chi connectivity index (χ0v) is 7.52. The SMILES string of the molecule is CC[SiH](NC)C(C)C. The average Bonchev–Trinajstić information content (AvgIpc) is 1.69. The van der Waals surface area contributed by atoms with E-state index in [-0.39, 0.29) is 0 Å². The Morgan fingerprint density at radius 2 is 2.00 bits per heavy atom. The van der Waals surface area contributed by atoms with Gasteiger partial charge in [0.1, 0.15) is 8.96 Å². The second kappa shape index (κ2) is 4.10. The van der Waals surface area contributed by atoms with Crippen molar-refractivity contribution in [3.05, 3.63) is 0 Å². The highest BCUT2D eigenvalue weighted by Crippen LogP contribution is 2.06. The molecule has 0 spiro atoms. The predicted molar refractivity (Wildman–Crippen MR) is 41.8 cm³/mol. The van der Waals surface area contributed by atoms with E-state index in [0.717, 1.165) is 5.54 Å². The van der Waals surface area contributed by atoms with Crippen LogP contribution >= 0.6 is 0 Å². The van der Waals surface area contributed by atoms with Crippen molar-refractivity contribution >= 4 is 8.96 Å². The van der Waals surface area contributed by atoms with E-state index in [1.807, 2.05) is 0 Å². The molecule has 1 atom stereocenters. The number of rotatable bonds is 3. The van der Waals surface area contributed by atoms with Crippen LogP contribution in [0.4, 0.5) is 0 Å². The maximum atomic E-state index is 3.39. The lowest BCUT2D eigenvalue weighted by molar-refractivity contribution is 0.965. The molecule has 0 saturated heterocycles. The second-order valence-corrected chi connectivity index (χ2v) is 6.49. The van der Waals surface area contributed by atoms with E-state index in [1.165, 1.54) is 6.04 Å². The maximum Gasteiger partial charge on any atom is 0.111 e. The molecule has 0 rings (SSSR count). The van der Waals surface area contributed by atoms with Crippen LogP contribution in [-0.4, -0.2) is 16.0 Å². The standard InChI is InChI=1S/C6H17NSi/c1-5-8(7-4)6(2)3/h6-8H,5H2,1-4H3. The van der Waals surface area contributed by atoms with Crippen molar-refractivity contribution in [3.8, 4) is 0 Å². The fourth-order valence-corrected chi connectivity index (χ4v) is 3.03. The molecule has 0 amide bonds. The minimum Gasteiger partial charge on any atom is -0.342 e. The summed E-state index contributed by atoms with van der Waals surface area (Å²) < 4.78 is 0. The highest BCUT2D eigenvalue weighted by atomic mass is 28.3. The van der Waals surface area contributed by atoms with Crippen molar-refractivity contribution in [1.29, 1.82) is 0 Å². The van der Waals surface area contributed by atoms with Gasteiger partial charge in [0.05, 0.1) is 0 Å².